The van der Waals surface area contributed by atoms with Crippen molar-refractivity contribution in [3.63, 3.8) is 0 Å². The molecule has 0 radical (unpaired) electrons. The van der Waals surface area contributed by atoms with Crippen LogP contribution >= 0.6 is 0 Å². The van der Waals surface area contributed by atoms with Gasteiger partial charge in [-0.3, -0.25) is 9.10 Å². The number of rotatable bonds is 10. The number of allylic oxidation sites excluding steroid dienone is 1. The van der Waals surface area contributed by atoms with Crippen molar-refractivity contribution in [3.05, 3.63) is 54.2 Å². The summed E-state index contributed by atoms with van der Waals surface area (Å²) in [5, 5.41) is 2.57. The minimum atomic E-state index is -3.30. The van der Waals surface area contributed by atoms with Crippen molar-refractivity contribution in [1.82, 2.24) is 9.62 Å². The molecular weight excluding hydrogens is 368 g/mol. The van der Waals surface area contributed by atoms with Crippen molar-refractivity contribution >= 4 is 28.0 Å². The fraction of sp³-hybridized carbons (Fsp3) is 0.368. The lowest BCUT2D eigenvalue weighted by Crippen LogP contribution is -2.39. The van der Waals surface area contributed by atoms with Crippen LogP contribution in [0.3, 0.4) is 0 Å². The fourth-order valence-corrected chi connectivity index (χ4v) is 3.21. The zero-order valence-corrected chi connectivity index (χ0v) is 16.7. The van der Waals surface area contributed by atoms with Gasteiger partial charge in [0.1, 0.15) is 6.04 Å². The Bertz CT molecular complexity index is 802. The van der Waals surface area contributed by atoms with Gasteiger partial charge >= 0.3 is 5.97 Å². The van der Waals surface area contributed by atoms with Gasteiger partial charge in [-0.15, -0.1) is 0 Å². The van der Waals surface area contributed by atoms with Crippen LogP contribution in [-0.2, 0) is 19.6 Å². The standard InChI is InChI=1S/C19H26N2O5S/c1-5-21(3)27(24,25)13-8-6-7-10-16-11-9-12-17(14-16)18(22)20-15(2)19(23)26-4/h5,7,9-12,14-15H,1,6,8,13H2,2-4H3,(H,20,22)/b10-7-/t15-/m1/s1. The molecule has 1 amide bonds. The van der Waals surface area contributed by atoms with Crippen molar-refractivity contribution in [2.75, 3.05) is 19.9 Å². The van der Waals surface area contributed by atoms with Gasteiger partial charge in [-0.05, 0) is 37.5 Å². The van der Waals surface area contributed by atoms with E-state index in [2.05, 4.69) is 16.6 Å². The van der Waals surface area contributed by atoms with E-state index in [0.717, 1.165) is 9.87 Å². The average molecular weight is 394 g/mol. The highest BCUT2D eigenvalue weighted by Gasteiger charge is 2.16. The SMILES string of the molecule is C=CN(C)S(=O)(=O)CCC/C=C\c1cccc(C(=O)N[C@H](C)C(=O)OC)c1. The predicted molar refractivity (Wildman–Crippen MR) is 105 cm³/mol. The maximum Gasteiger partial charge on any atom is 0.328 e. The molecule has 0 aromatic heterocycles. The second-order valence-corrected chi connectivity index (χ2v) is 8.05. The van der Waals surface area contributed by atoms with E-state index in [9.17, 15) is 18.0 Å². The topological polar surface area (TPSA) is 92.8 Å². The molecule has 148 valence electrons. The number of benzene rings is 1. The third-order valence-electron chi connectivity index (χ3n) is 3.83. The van der Waals surface area contributed by atoms with Crippen LogP contribution in [0.5, 0.6) is 0 Å². The smallest absolute Gasteiger partial charge is 0.328 e. The number of amides is 1. The van der Waals surface area contributed by atoms with E-state index < -0.39 is 22.0 Å². The summed E-state index contributed by atoms with van der Waals surface area (Å²) < 4.78 is 29.3. The van der Waals surface area contributed by atoms with Gasteiger partial charge in [0.05, 0.1) is 12.9 Å². The van der Waals surface area contributed by atoms with E-state index in [1.54, 1.807) is 25.1 Å². The number of carbonyl (C=O) groups excluding carboxylic acids is 2. The molecule has 0 saturated heterocycles. The van der Waals surface area contributed by atoms with Crippen molar-refractivity contribution in [2.24, 2.45) is 0 Å². The molecule has 7 nitrogen and oxygen atoms in total. The lowest BCUT2D eigenvalue weighted by molar-refractivity contribution is -0.142. The Hall–Kier alpha value is -2.61. The lowest BCUT2D eigenvalue weighted by atomic mass is 10.1. The number of esters is 1. The number of hydrogen-bond donors (Lipinski definition) is 1. The molecule has 27 heavy (non-hydrogen) atoms. The van der Waals surface area contributed by atoms with E-state index >= 15 is 0 Å². The van der Waals surface area contributed by atoms with E-state index in [0.29, 0.717) is 18.4 Å². The van der Waals surface area contributed by atoms with Crippen molar-refractivity contribution in [3.8, 4) is 0 Å². The molecule has 0 heterocycles. The van der Waals surface area contributed by atoms with Gasteiger partial charge in [0.25, 0.3) is 5.91 Å². The molecule has 8 heteroatoms. The van der Waals surface area contributed by atoms with Crippen LogP contribution in [0.4, 0.5) is 0 Å². The molecule has 0 aliphatic carbocycles. The Morgan fingerprint density at radius 2 is 2.07 bits per heavy atom. The van der Waals surface area contributed by atoms with Gasteiger partial charge < -0.3 is 10.1 Å². The molecule has 1 atom stereocenters. The van der Waals surface area contributed by atoms with E-state index in [4.69, 9.17) is 0 Å². The van der Waals surface area contributed by atoms with Crippen LogP contribution in [0.2, 0.25) is 0 Å². The minimum absolute atomic E-state index is 0.0354. The van der Waals surface area contributed by atoms with Crippen molar-refractivity contribution < 1.29 is 22.7 Å². The summed E-state index contributed by atoms with van der Waals surface area (Å²) in [7, 11) is -0.588. The minimum Gasteiger partial charge on any atom is -0.467 e. The maximum absolute atomic E-state index is 12.2. The molecule has 0 aliphatic rings. The Balaban J connectivity index is 2.61. The van der Waals surface area contributed by atoms with E-state index in [1.807, 2.05) is 18.2 Å². The molecule has 0 saturated carbocycles. The van der Waals surface area contributed by atoms with Gasteiger partial charge in [-0.2, -0.15) is 0 Å². The molecular formula is C19H26N2O5S. The maximum atomic E-state index is 12.2. The highest BCUT2D eigenvalue weighted by molar-refractivity contribution is 7.89. The first kappa shape index (κ1) is 22.4. The van der Waals surface area contributed by atoms with Gasteiger partial charge in [0.2, 0.25) is 10.0 Å². The third-order valence-corrected chi connectivity index (χ3v) is 5.66. The first-order valence-corrected chi connectivity index (χ1v) is 10.1. The molecule has 1 aromatic carbocycles. The van der Waals surface area contributed by atoms with Crippen molar-refractivity contribution in [1.29, 1.82) is 0 Å². The van der Waals surface area contributed by atoms with Crippen LogP contribution in [0.1, 0.15) is 35.7 Å². The second kappa shape index (κ2) is 10.5. The number of nitrogens with one attached hydrogen (secondary N) is 1. The first-order chi connectivity index (χ1) is 12.7. The summed E-state index contributed by atoms with van der Waals surface area (Å²) in [4.78, 5) is 23.6. The lowest BCUT2D eigenvalue weighted by Gasteiger charge is -2.13. The second-order valence-electron chi connectivity index (χ2n) is 5.90. The van der Waals surface area contributed by atoms with Gasteiger partial charge in [0, 0.05) is 18.8 Å². The van der Waals surface area contributed by atoms with Crippen LogP contribution in [0.25, 0.3) is 6.08 Å². The Kier molecular flexibility index (Phi) is 8.74. The van der Waals surface area contributed by atoms with Gasteiger partial charge in [-0.1, -0.05) is 30.9 Å². The molecule has 0 spiro atoms. The number of sulfonamides is 1. The quantitative estimate of drug-likeness (QED) is 0.485. The monoisotopic (exact) mass is 394 g/mol. The first-order valence-electron chi connectivity index (χ1n) is 8.45. The number of methoxy groups -OCH3 is 1. The number of nitrogens with zero attached hydrogens (tertiary/aromatic N) is 1. The highest BCUT2D eigenvalue weighted by atomic mass is 32.2. The summed E-state index contributed by atoms with van der Waals surface area (Å²) >= 11 is 0. The zero-order valence-electron chi connectivity index (χ0n) is 15.8. The third kappa shape index (κ3) is 7.26. The Labute approximate surface area is 160 Å². The van der Waals surface area contributed by atoms with Gasteiger partial charge in [0.15, 0.2) is 0 Å². The summed E-state index contributed by atoms with van der Waals surface area (Å²) in [6.07, 6.45) is 6.01. The molecule has 0 fully saturated rings. The number of carbonyl (C=O) groups is 2. The predicted octanol–water partition coefficient (Wildman–Crippen LogP) is 2.18. The average Bonchev–Trinajstić information content (AvgIpc) is 2.66. The van der Waals surface area contributed by atoms with Crippen molar-refractivity contribution in [2.45, 2.75) is 25.8 Å². The van der Waals surface area contributed by atoms with E-state index in [-0.39, 0.29) is 11.7 Å². The van der Waals surface area contributed by atoms with Gasteiger partial charge in [-0.25, -0.2) is 13.2 Å². The normalized spacial score (nSPS) is 12.4. The largest absolute Gasteiger partial charge is 0.467 e. The number of unbranched alkanes of at least 4 members (excludes halogenated alkanes) is 1. The Morgan fingerprint density at radius 3 is 2.70 bits per heavy atom. The summed E-state index contributed by atoms with van der Waals surface area (Å²) in [5.41, 5.74) is 1.22. The molecule has 0 aliphatic heterocycles. The molecule has 1 rings (SSSR count). The molecule has 0 bridgehead atoms. The van der Waals surface area contributed by atoms with Crippen LogP contribution in [0.15, 0.2) is 43.1 Å². The van der Waals surface area contributed by atoms with Crippen LogP contribution < -0.4 is 5.32 Å². The Morgan fingerprint density at radius 1 is 1.37 bits per heavy atom. The molecule has 0 unspecified atom stereocenters. The number of hydrogen-bond acceptors (Lipinski definition) is 5. The summed E-state index contributed by atoms with van der Waals surface area (Å²) in [6, 6.07) is 6.17. The van der Waals surface area contributed by atoms with Crippen LogP contribution in [-0.4, -0.2) is 50.6 Å². The molecule has 1 aromatic rings. The highest BCUT2D eigenvalue weighted by Crippen LogP contribution is 2.10. The van der Waals surface area contributed by atoms with E-state index in [1.165, 1.54) is 20.4 Å². The summed E-state index contributed by atoms with van der Waals surface area (Å²) in [5.74, 6) is -0.855. The fourth-order valence-electron chi connectivity index (χ4n) is 2.16. The molecule has 1 N–H and O–H groups in total. The number of ether oxygens (including phenoxy) is 1. The zero-order chi connectivity index (χ0) is 20.4. The summed E-state index contributed by atoms with van der Waals surface area (Å²) in [6.45, 7) is 4.99. The van der Waals surface area contributed by atoms with Crippen LogP contribution in [0, 0.1) is 0 Å².